The Morgan fingerprint density at radius 2 is 2.05 bits per heavy atom. The summed E-state index contributed by atoms with van der Waals surface area (Å²) in [6.45, 7) is 4.33. The van der Waals surface area contributed by atoms with E-state index in [2.05, 4.69) is 10.6 Å². The van der Waals surface area contributed by atoms with E-state index in [-0.39, 0.29) is 30.1 Å². The van der Waals surface area contributed by atoms with E-state index in [0.717, 1.165) is 4.88 Å². The molecule has 116 valence electrons. The van der Waals surface area contributed by atoms with Crippen LogP contribution in [0, 0.1) is 6.92 Å². The molecule has 0 aliphatic heterocycles. The fourth-order valence-electron chi connectivity index (χ4n) is 1.49. The third-order valence-corrected chi connectivity index (χ3v) is 4.65. The van der Waals surface area contributed by atoms with Crippen molar-refractivity contribution in [3.63, 3.8) is 0 Å². The molecule has 8 heteroatoms. The number of carbonyl (C=O) groups is 1. The van der Waals surface area contributed by atoms with Gasteiger partial charge in [-0.25, -0.2) is 8.42 Å². The van der Waals surface area contributed by atoms with E-state index in [1.807, 2.05) is 20.9 Å². The smallest absolute Gasteiger partial charge is 0.261 e. The van der Waals surface area contributed by atoms with Gasteiger partial charge in [0.05, 0.1) is 10.6 Å². The summed E-state index contributed by atoms with van der Waals surface area (Å²) in [5.74, 6) is -0.176. The minimum atomic E-state index is -3.08. The van der Waals surface area contributed by atoms with Crippen molar-refractivity contribution < 1.29 is 13.2 Å². The van der Waals surface area contributed by atoms with Crippen molar-refractivity contribution in [1.29, 1.82) is 0 Å². The lowest BCUT2D eigenvalue weighted by atomic mass is 10.2. The lowest BCUT2D eigenvalue weighted by molar-refractivity contribution is 0.0954. The highest BCUT2D eigenvalue weighted by atomic mass is 35.5. The van der Waals surface area contributed by atoms with Gasteiger partial charge in [0.1, 0.15) is 0 Å². The number of carbonyl (C=O) groups excluding carboxylic acids is 1. The van der Waals surface area contributed by atoms with Crippen LogP contribution in [-0.4, -0.2) is 40.2 Å². The molecule has 1 atom stereocenters. The summed E-state index contributed by atoms with van der Waals surface area (Å²) >= 11 is 1.33. The van der Waals surface area contributed by atoms with Gasteiger partial charge in [-0.05, 0) is 32.5 Å². The minimum absolute atomic E-state index is 0. The number of thiophene rings is 1. The Morgan fingerprint density at radius 3 is 2.55 bits per heavy atom. The third kappa shape index (κ3) is 6.21. The van der Waals surface area contributed by atoms with Crippen molar-refractivity contribution in [1.82, 2.24) is 10.6 Å². The summed E-state index contributed by atoms with van der Waals surface area (Å²) in [5, 5.41) is 5.84. The molecule has 1 amide bonds. The van der Waals surface area contributed by atoms with Gasteiger partial charge in [-0.15, -0.1) is 23.7 Å². The summed E-state index contributed by atoms with van der Waals surface area (Å²) in [5.41, 5.74) is 0.708. The van der Waals surface area contributed by atoms with E-state index in [0.29, 0.717) is 17.0 Å². The average molecular weight is 341 g/mol. The first-order chi connectivity index (χ1) is 8.73. The van der Waals surface area contributed by atoms with Crippen LogP contribution in [0.2, 0.25) is 0 Å². The van der Waals surface area contributed by atoms with Crippen molar-refractivity contribution in [3.8, 4) is 0 Å². The molecule has 20 heavy (non-hydrogen) atoms. The van der Waals surface area contributed by atoms with Crippen molar-refractivity contribution in [2.24, 2.45) is 0 Å². The molecule has 2 N–H and O–H groups in total. The second kappa shape index (κ2) is 7.97. The van der Waals surface area contributed by atoms with Crippen molar-refractivity contribution in [2.45, 2.75) is 25.6 Å². The molecule has 0 aromatic carbocycles. The predicted molar refractivity (Wildman–Crippen MR) is 85.7 cm³/mol. The van der Waals surface area contributed by atoms with Gasteiger partial charge < -0.3 is 10.6 Å². The van der Waals surface area contributed by atoms with Crippen LogP contribution >= 0.6 is 23.7 Å². The molecule has 0 radical (unpaired) electrons. The largest absolute Gasteiger partial charge is 0.350 e. The van der Waals surface area contributed by atoms with Crippen LogP contribution in [0.5, 0.6) is 0 Å². The highest BCUT2D eigenvalue weighted by Gasteiger charge is 2.15. The zero-order valence-electron chi connectivity index (χ0n) is 12.0. The van der Waals surface area contributed by atoms with E-state index in [9.17, 15) is 13.2 Å². The lowest BCUT2D eigenvalue weighted by Gasteiger charge is -2.10. The third-order valence-electron chi connectivity index (χ3n) is 2.72. The molecule has 1 aromatic heterocycles. The number of halogens is 1. The Morgan fingerprint density at radius 1 is 1.45 bits per heavy atom. The maximum Gasteiger partial charge on any atom is 0.261 e. The summed E-state index contributed by atoms with van der Waals surface area (Å²) in [6, 6.07) is 1.86. The Labute approximate surface area is 130 Å². The van der Waals surface area contributed by atoms with Gasteiger partial charge in [-0.3, -0.25) is 4.79 Å². The molecule has 0 fully saturated rings. The lowest BCUT2D eigenvalue weighted by Crippen LogP contribution is -2.36. The molecule has 0 aliphatic rings. The van der Waals surface area contributed by atoms with E-state index in [1.54, 1.807) is 6.07 Å². The second-order valence-corrected chi connectivity index (χ2v) is 8.06. The van der Waals surface area contributed by atoms with E-state index in [1.165, 1.54) is 17.6 Å². The number of nitrogens with one attached hydrogen (secondary N) is 2. The molecule has 1 unspecified atom stereocenters. The fourth-order valence-corrected chi connectivity index (χ4v) is 3.41. The molecular formula is C12H21ClN2O3S2. The maximum atomic E-state index is 11.9. The summed E-state index contributed by atoms with van der Waals surface area (Å²) in [4.78, 5) is 13.3. The quantitative estimate of drug-likeness (QED) is 0.820. The highest BCUT2D eigenvalue weighted by Crippen LogP contribution is 2.23. The average Bonchev–Trinajstić information content (AvgIpc) is 2.65. The van der Waals surface area contributed by atoms with Crippen LogP contribution in [-0.2, 0) is 15.6 Å². The van der Waals surface area contributed by atoms with Crippen LogP contribution in [0.25, 0.3) is 0 Å². The number of hydrogen-bond donors (Lipinski definition) is 2. The number of sulfone groups is 1. The topological polar surface area (TPSA) is 75.3 Å². The standard InChI is InChI=1S/C12H20N2O3S2.ClH/c1-8(13-3)6-14-12(15)11-5-10(9(2)18-11)7-19(4,16)17;/h5,8,13H,6-7H2,1-4H3,(H,14,15);1H. The van der Waals surface area contributed by atoms with Crippen LogP contribution in [0.3, 0.4) is 0 Å². The zero-order valence-corrected chi connectivity index (χ0v) is 14.5. The molecule has 5 nitrogen and oxygen atoms in total. The Hall–Kier alpha value is -0.630. The molecule has 1 heterocycles. The molecule has 0 saturated carbocycles. The van der Waals surface area contributed by atoms with Crippen molar-refractivity contribution in [2.75, 3.05) is 19.8 Å². The van der Waals surface area contributed by atoms with Gasteiger partial charge >= 0.3 is 0 Å². The summed E-state index contributed by atoms with van der Waals surface area (Å²) in [6.07, 6.45) is 1.19. The predicted octanol–water partition coefficient (Wildman–Crippen LogP) is 1.36. The minimum Gasteiger partial charge on any atom is -0.350 e. The monoisotopic (exact) mass is 340 g/mol. The fraction of sp³-hybridized carbons (Fsp3) is 0.583. The molecule has 0 bridgehead atoms. The highest BCUT2D eigenvalue weighted by molar-refractivity contribution is 7.89. The maximum absolute atomic E-state index is 11.9. The van der Waals surface area contributed by atoms with Crippen LogP contribution in [0.15, 0.2) is 6.07 Å². The van der Waals surface area contributed by atoms with Crippen molar-refractivity contribution >= 4 is 39.5 Å². The second-order valence-electron chi connectivity index (χ2n) is 4.66. The SMILES string of the molecule is CNC(C)CNC(=O)c1cc(CS(C)(=O)=O)c(C)s1.Cl. The first-order valence-corrected chi connectivity index (χ1v) is 8.83. The number of aryl methyl sites for hydroxylation is 1. The van der Waals surface area contributed by atoms with Gasteiger partial charge in [0.2, 0.25) is 0 Å². The molecule has 1 aromatic rings. The van der Waals surface area contributed by atoms with Gasteiger partial charge in [0.25, 0.3) is 5.91 Å². The van der Waals surface area contributed by atoms with Gasteiger partial charge in [-0.1, -0.05) is 0 Å². The zero-order chi connectivity index (χ0) is 14.6. The molecule has 0 spiro atoms. The first-order valence-electron chi connectivity index (χ1n) is 5.95. The van der Waals surface area contributed by atoms with Gasteiger partial charge in [0, 0.05) is 23.7 Å². The first kappa shape index (κ1) is 19.4. The normalized spacial score (nSPS) is 12.6. The molecule has 0 aliphatic carbocycles. The van der Waals surface area contributed by atoms with Crippen molar-refractivity contribution in [3.05, 3.63) is 21.4 Å². The Balaban J connectivity index is 0.00000361. The number of hydrogen-bond acceptors (Lipinski definition) is 5. The molecular weight excluding hydrogens is 320 g/mol. The Bertz CT molecular complexity index is 555. The summed E-state index contributed by atoms with van der Waals surface area (Å²) in [7, 11) is -1.25. The van der Waals surface area contributed by atoms with E-state index in [4.69, 9.17) is 0 Å². The molecule has 1 rings (SSSR count). The number of rotatable bonds is 6. The number of amides is 1. The summed E-state index contributed by atoms with van der Waals surface area (Å²) < 4.78 is 22.6. The van der Waals surface area contributed by atoms with Crippen LogP contribution < -0.4 is 10.6 Å². The van der Waals surface area contributed by atoms with Gasteiger partial charge in [-0.2, -0.15) is 0 Å². The van der Waals surface area contributed by atoms with Crippen LogP contribution in [0.1, 0.15) is 27.0 Å². The number of likely N-dealkylation sites (N-methyl/N-ethyl adjacent to an activating group) is 1. The van der Waals surface area contributed by atoms with Crippen LogP contribution in [0.4, 0.5) is 0 Å². The van der Waals surface area contributed by atoms with E-state index >= 15 is 0 Å². The Kier molecular flexibility index (Phi) is 7.72. The van der Waals surface area contributed by atoms with Gasteiger partial charge in [0.15, 0.2) is 9.84 Å². The molecule has 0 saturated heterocycles. The van der Waals surface area contributed by atoms with E-state index < -0.39 is 9.84 Å².